The summed E-state index contributed by atoms with van der Waals surface area (Å²) < 4.78 is 5.22. The maximum atomic E-state index is 11.9. The molecule has 0 atom stereocenters. The molecule has 1 aliphatic heterocycles. The molecule has 0 aliphatic carbocycles. The molecular weight excluding hydrogens is 250 g/mol. The van der Waals surface area contributed by atoms with Crippen LogP contribution in [0.25, 0.3) is 0 Å². The van der Waals surface area contributed by atoms with Gasteiger partial charge in [0.2, 0.25) is 5.75 Å². The number of carbonyl (C=O) groups is 1. The Bertz CT molecular complexity index is 472. The minimum absolute atomic E-state index is 0.0258. The zero-order valence-corrected chi connectivity index (χ0v) is 10.4. The number of pyridine rings is 1. The highest BCUT2D eigenvalue weighted by Gasteiger charge is 2.20. The van der Waals surface area contributed by atoms with Gasteiger partial charge in [-0.05, 0) is 41.3 Å². The second-order valence-corrected chi connectivity index (χ2v) is 4.31. The van der Waals surface area contributed by atoms with Crippen LogP contribution in [0.5, 0.6) is 5.75 Å². The van der Waals surface area contributed by atoms with Gasteiger partial charge in [0.25, 0.3) is 5.91 Å². The van der Waals surface area contributed by atoms with E-state index in [1.807, 2.05) is 0 Å². The molecule has 2 heterocycles. The Morgan fingerprint density at radius 3 is 2.84 bits per heavy atom. The van der Waals surface area contributed by atoms with Crippen molar-refractivity contribution in [3.05, 3.63) is 28.4 Å². The highest BCUT2D eigenvalue weighted by molar-refractivity contribution is 5.77. The molecule has 1 aromatic heterocycles. The van der Waals surface area contributed by atoms with E-state index >= 15 is 0 Å². The highest BCUT2D eigenvalue weighted by Crippen LogP contribution is 2.22. The van der Waals surface area contributed by atoms with Crippen LogP contribution >= 0.6 is 0 Å². The zero-order chi connectivity index (χ0) is 13.7. The van der Waals surface area contributed by atoms with E-state index in [0.29, 0.717) is 0 Å². The van der Waals surface area contributed by atoms with Crippen LogP contribution < -0.4 is 4.74 Å². The largest absolute Gasteiger partial charge is 0.476 e. The van der Waals surface area contributed by atoms with Crippen LogP contribution in [0, 0.1) is 10.1 Å². The number of nitrogens with zero attached hydrogens (tertiary/aromatic N) is 3. The summed E-state index contributed by atoms with van der Waals surface area (Å²) in [7, 11) is 0. The molecule has 0 bridgehead atoms. The second kappa shape index (κ2) is 6.12. The van der Waals surface area contributed by atoms with Crippen molar-refractivity contribution in [1.29, 1.82) is 0 Å². The molecule has 7 heteroatoms. The molecule has 102 valence electrons. The van der Waals surface area contributed by atoms with Crippen LogP contribution in [0.2, 0.25) is 0 Å². The summed E-state index contributed by atoms with van der Waals surface area (Å²) in [5, 5.41) is 10.7. The van der Waals surface area contributed by atoms with E-state index in [-0.39, 0.29) is 24.1 Å². The fourth-order valence-electron chi connectivity index (χ4n) is 2.01. The maximum Gasteiger partial charge on any atom is 0.406 e. The lowest BCUT2D eigenvalue weighted by Crippen LogP contribution is -2.38. The first kappa shape index (κ1) is 13.3. The molecule has 1 fully saturated rings. The van der Waals surface area contributed by atoms with Crippen LogP contribution in [0.3, 0.4) is 0 Å². The van der Waals surface area contributed by atoms with Crippen molar-refractivity contribution in [1.82, 2.24) is 9.88 Å². The van der Waals surface area contributed by atoms with Crippen molar-refractivity contribution in [2.75, 3.05) is 19.7 Å². The Labute approximate surface area is 110 Å². The van der Waals surface area contributed by atoms with Gasteiger partial charge in [-0.2, -0.15) is 0 Å². The summed E-state index contributed by atoms with van der Waals surface area (Å²) in [6, 6.07) is 2.97. The first-order chi connectivity index (χ1) is 9.18. The first-order valence-corrected chi connectivity index (χ1v) is 6.18. The van der Waals surface area contributed by atoms with Gasteiger partial charge in [0.1, 0.15) is 6.20 Å². The molecule has 0 saturated carbocycles. The normalized spacial score (nSPS) is 15.1. The first-order valence-electron chi connectivity index (χ1n) is 6.18. The fourth-order valence-corrected chi connectivity index (χ4v) is 2.01. The number of likely N-dealkylation sites (tertiary alicyclic amines) is 1. The standard InChI is InChI=1S/C12H15N3O4/c16-11(14-7-2-1-3-8-14)9-19-10-5-4-6-13-12(10)15(17)18/h4-6H,1-3,7-9H2. The lowest BCUT2D eigenvalue weighted by atomic mass is 10.1. The van der Waals surface area contributed by atoms with Gasteiger partial charge >= 0.3 is 5.82 Å². The molecule has 0 aromatic carbocycles. The van der Waals surface area contributed by atoms with Crippen LogP contribution in [0.4, 0.5) is 5.82 Å². The summed E-state index contributed by atoms with van der Waals surface area (Å²) in [6.45, 7) is 1.28. The third-order valence-electron chi connectivity index (χ3n) is 2.98. The Morgan fingerprint density at radius 1 is 1.42 bits per heavy atom. The molecule has 1 saturated heterocycles. The lowest BCUT2D eigenvalue weighted by Gasteiger charge is -2.26. The van der Waals surface area contributed by atoms with E-state index in [1.54, 1.807) is 4.90 Å². The Balaban J connectivity index is 1.94. The lowest BCUT2D eigenvalue weighted by molar-refractivity contribution is -0.390. The molecule has 19 heavy (non-hydrogen) atoms. The van der Waals surface area contributed by atoms with E-state index in [0.717, 1.165) is 32.4 Å². The van der Waals surface area contributed by atoms with Crippen molar-refractivity contribution in [3.63, 3.8) is 0 Å². The van der Waals surface area contributed by atoms with Gasteiger partial charge in [0, 0.05) is 13.1 Å². The predicted molar refractivity (Wildman–Crippen MR) is 66.8 cm³/mol. The average Bonchev–Trinajstić information content (AvgIpc) is 2.46. The van der Waals surface area contributed by atoms with E-state index in [9.17, 15) is 14.9 Å². The molecule has 1 aromatic rings. The van der Waals surface area contributed by atoms with Crippen molar-refractivity contribution >= 4 is 11.7 Å². The Kier molecular flexibility index (Phi) is 4.27. The molecule has 1 amide bonds. The Hall–Kier alpha value is -2.18. The number of carbonyl (C=O) groups excluding carboxylic acids is 1. The molecule has 0 spiro atoms. The summed E-state index contributed by atoms with van der Waals surface area (Å²) in [5.41, 5.74) is 0. The maximum absolute atomic E-state index is 11.9. The van der Waals surface area contributed by atoms with Gasteiger partial charge in [-0.3, -0.25) is 4.79 Å². The smallest absolute Gasteiger partial charge is 0.406 e. The van der Waals surface area contributed by atoms with Crippen LogP contribution in [0.1, 0.15) is 19.3 Å². The van der Waals surface area contributed by atoms with Gasteiger partial charge in [-0.15, -0.1) is 0 Å². The van der Waals surface area contributed by atoms with Crippen molar-refractivity contribution in [2.45, 2.75) is 19.3 Å². The van der Waals surface area contributed by atoms with Crippen LogP contribution in [-0.4, -0.2) is 40.4 Å². The zero-order valence-electron chi connectivity index (χ0n) is 10.4. The van der Waals surface area contributed by atoms with Crippen LogP contribution in [-0.2, 0) is 4.79 Å². The molecule has 7 nitrogen and oxygen atoms in total. The number of aromatic nitrogens is 1. The fraction of sp³-hybridized carbons (Fsp3) is 0.500. The number of nitro groups is 1. The van der Waals surface area contributed by atoms with E-state index in [2.05, 4.69) is 4.98 Å². The van der Waals surface area contributed by atoms with Gasteiger partial charge in [0.15, 0.2) is 6.61 Å². The topological polar surface area (TPSA) is 85.6 Å². The SMILES string of the molecule is O=C(COc1cccnc1[N+](=O)[O-])N1CCCCC1. The van der Waals surface area contributed by atoms with Crippen molar-refractivity contribution in [2.24, 2.45) is 0 Å². The minimum atomic E-state index is -0.624. The third-order valence-corrected chi connectivity index (χ3v) is 2.98. The number of rotatable bonds is 4. The number of piperidine rings is 1. The quantitative estimate of drug-likeness (QED) is 0.606. The number of amides is 1. The van der Waals surface area contributed by atoms with E-state index in [4.69, 9.17) is 4.74 Å². The molecule has 1 aliphatic rings. The molecular formula is C12H15N3O4. The molecule has 0 radical (unpaired) electrons. The van der Waals surface area contributed by atoms with Gasteiger partial charge in [0.05, 0.1) is 0 Å². The molecule has 0 unspecified atom stereocenters. The van der Waals surface area contributed by atoms with Crippen LogP contribution in [0.15, 0.2) is 18.3 Å². The third kappa shape index (κ3) is 3.40. The van der Waals surface area contributed by atoms with Gasteiger partial charge in [-0.25, -0.2) is 0 Å². The van der Waals surface area contributed by atoms with Gasteiger partial charge < -0.3 is 19.8 Å². The summed E-state index contributed by atoms with van der Waals surface area (Å²) in [6.07, 6.45) is 4.45. The molecule has 2 rings (SSSR count). The summed E-state index contributed by atoms with van der Waals surface area (Å²) >= 11 is 0. The number of hydrogen-bond acceptors (Lipinski definition) is 5. The number of hydrogen-bond donors (Lipinski definition) is 0. The summed E-state index contributed by atoms with van der Waals surface area (Å²) in [5.74, 6) is -0.482. The molecule has 0 N–H and O–H groups in total. The minimum Gasteiger partial charge on any atom is -0.476 e. The van der Waals surface area contributed by atoms with E-state index in [1.165, 1.54) is 18.3 Å². The number of ether oxygens (including phenoxy) is 1. The average molecular weight is 265 g/mol. The summed E-state index contributed by atoms with van der Waals surface area (Å²) in [4.78, 5) is 27.3. The van der Waals surface area contributed by atoms with E-state index < -0.39 is 4.92 Å². The monoisotopic (exact) mass is 265 g/mol. The van der Waals surface area contributed by atoms with Crippen molar-refractivity contribution in [3.8, 4) is 5.75 Å². The Morgan fingerprint density at radius 2 is 2.16 bits per heavy atom. The highest BCUT2D eigenvalue weighted by atomic mass is 16.6. The second-order valence-electron chi connectivity index (χ2n) is 4.31. The van der Waals surface area contributed by atoms with Gasteiger partial charge in [-0.1, -0.05) is 0 Å². The predicted octanol–water partition coefficient (Wildman–Crippen LogP) is 1.38. The van der Waals surface area contributed by atoms with Crippen molar-refractivity contribution < 1.29 is 14.5 Å².